The Bertz CT molecular complexity index is 878. The van der Waals surface area contributed by atoms with Crippen LogP contribution in [0.15, 0.2) is 42.7 Å². The molecule has 1 fully saturated rings. The van der Waals surface area contributed by atoms with Gasteiger partial charge in [0.2, 0.25) is 0 Å². The Morgan fingerprint density at radius 1 is 1.04 bits per heavy atom. The van der Waals surface area contributed by atoms with Gasteiger partial charge in [-0.2, -0.15) is 0 Å². The molecule has 1 aliphatic heterocycles. The molecular formula is C19H21FN4. The number of hydrogen-bond donors (Lipinski definition) is 0. The fraction of sp³-hybridized carbons (Fsp3) is 0.316. The van der Waals surface area contributed by atoms with Crippen molar-refractivity contribution in [1.29, 1.82) is 0 Å². The third-order valence-corrected chi connectivity index (χ3v) is 4.83. The van der Waals surface area contributed by atoms with Gasteiger partial charge in [-0.15, -0.1) is 0 Å². The molecule has 0 amide bonds. The normalized spacial score (nSPS) is 16.0. The van der Waals surface area contributed by atoms with Crippen molar-refractivity contribution in [1.82, 2.24) is 14.5 Å². The van der Waals surface area contributed by atoms with Crippen LogP contribution in [0.3, 0.4) is 0 Å². The predicted molar refractivity (Wildman–Crippen MR) is 95.5 cm³/mol. The Morgan fingerprint density at radius 2 is 1.83 bits per heavy atom. The van der Waals surface area contributed by atoms with Gasteiger partial charge in [0, 0.05) is 50.0 Å². The molecule has 0 N–H and O–H groups in total. The molecule has 3 heterocycles. The zero-order chi connectivity index (χ0) is 16.7. The summed E-state index contributed by atoms with van der Waals surface area (Å²) in [4.78, 5) is 9.17. The number of nitrogens with zero attached hydrogens (tertiary/aromatic N) is 4. The quantitative estimate of drug-likeness (QED) is 0.723. The first-order valence-corrected chi connectivity index (χ1v) is 8.29. The Labute approximate surface area is 141 Å². The van der Waals surface area contributed by atoms with Crippen molar-refractivity contribution in [3.05, 3.63) is 54.1 Å². The van der Waals surface area contributed by atoms with Crippen LogP contribution in [0.1, 0.15) is 5.56 Å². The van der Waals surface area contributed by atoms with Crippen LogP contribution in [-0.4, -0.2) is 47.7 Å². The fourth-order valence-corrected chi connectivity index (χ4v) is 3.38. The maximum atomic E-state index is 14.1. The van der Waals surface area contributed by atoms with Gasteiger partial charge in [-0.3, -0.25) is 0 Å². The van der Waals surface area contributed by atoms with Crippen molar-refractivity contribution in [2.75, 3.05) is 38.1 Å². The van der Waals surface area contributed by atoms with Gasteiger partial charge in [0.1, 0.15) is 11.6 Å². The molecule has 2 aromatic heterocycles. The van der Waals surface area contributed by atoms with Gasteiger partial charge in [0.25, 0.3) is 0 Å². The SMILES string of the molecule is Cc1ccc(F)c2ccn(-c3ccnc(N4CCN(C)CC4)c3)c12. The minimum absolute atomic E-state index is 0.178. The van der Waals surface area contributed by atoms with Crippen LogP contribution < -0.4 is 4.90 Å². The zero-order valence-corrected chi connectivity index (χ0v) is 14.0. The summed E-state index contributed by atoms with van der Waals surface area (Å²) in [6.45, 7) is 6.06. The molecule has 1 aliphatic rings. The molecule has 0 unspecified atom stereocenters. The second-order valence-electron chi connectivity index (χ2n) is 6.47. The molecule has 0 radical (unpaired) electrons. The van der Waals surface area contributed by atoms with Gasteiger partial charge in [0.05, 0.1) is 11.2 Å². The number of fused-ring (bicyclic) bond motifs is 1. The number of piperazine rings is 1. The van der Waals surface area contributed by atoms with Crippen LogP contribution in [-0.2, 0) is 0 Å². The van der Waals surface area contributed by atoms with Crippen molar-refractivity contribution >= 4 is 16.7 Å². The standard InChI is InChI=1S/C19H21FN4/c1-14-3-4-17(20)16-6-8-24(19(14)16)15-5-7-21-18(13-15)23-11-9-22(2)10-12-23/h3-8,13H,9-12H2,1-2H3. The van der Waals surface area contributed by atoms with Crippen LogP contribution in [0.2, 0.25) is 0 Å². The van der Waals surface area contributed by atoms with Crippen LogP contribution in [0.25, 0.3) is 16.6 Å². The average molecular weight is 324 g/mol. The van der Waals surface area contributed by atoms with Gasteiger partial charge < -0.3 is 14.4 Å². The summed E-state index contributed by atoms with van der Waals surface area (Å²) in [7, 11) is 2.14. The van der Waals surface area contributed by atoms with E-state index in [0.717, 1.165) is 48.8 Å². The van der Waals surface area contributed by atoms with Gasteiger partial charge in [-0.05, 0) is 37.7 Å². The van der Waals surface area contributed by atoms with E-state index in [9.17, 15) is 4.39 Å². The van der Waals surface area contributed by atoms with Crippen LogP contribution >= 0.6 is 0 Å². The lowest BCUT2D eigenvalue weighted by atomic mass is 10.1. The number of benzene rings is 1. The van der Waals surface area contributed by atoms with Crippen LogP contribution in [0.5, 0.6) is 0 Å². The molecular weight excluding hydrogens is 303 g/mol. The first-order chi connectivity index (χ1) is 11.6. The monoisotopic (exact) mass is 324 g/mol. The molecule has 0 saturated carbocycles. The molecule has 0 bridgehead atoms. The van der Waals surface area contributed by atoms with E-state index in [2.05, 4.69) is 32.5 Å². The largest absolute Gasteiger partial charge is 0.354 e. The fourth-order valence-electron chi connectivity index (χ4n) is 3.38. The molecule has 4 rings (SSSR count). The number of likely N-dealkylation sites (N-methyl/N-ethyl adjacent to an activating group) is 1. The van der Waals surface area contributed by atoms with E-state index >= 15 is 0 Å². The lowest BCUT2D eigenvalue weighted by Gasteiger charge is -2.33. The minimum atomic E-state index is -0.178. The van der Waals surface area contributed by atoms with Gasteiger partial charge in [0.15, 0.2) is 0 Å². The maximum absolute atomic E-state index is 14.1. The van der Waals surface area contributed by atoms with Gasteiger partial charge in [-0.1, -0.05) is 6.07 Å². The molecule has 3 aromatic rings. The number of anilines is 1. The van der Waals surface area contributed by atoms with Crippen molar-refractivity contribution in [2.24, 2.45) is 0 Å². The van der Waals surface area contributed by atoms with Crippen molar-refractivity contribution < 1.29 is 4.39 Å². The topological polar surface area (TPSA) is 24.3 Å². The van der Waals surface area contributed by atoms with E-state index in [0.29, 0.717) is 5.39 Å². The molecule has 1 aromatic carbocycles. The summed E-state index contributed by atoms with van der Waals surface area (Å²) < 4.78 is 16.1. The van der Waals surface area contributed by atoms with E-state index in [-0.39, 0.29) is 5.82 Å². The predicted octanol–water partition coefficient (Wildman–Crippen LogP) is 3.22. The highest BCUT2D eigenvalue weighted by Gasteiger charge is 2.16. The summed E-state index contributed by atoms with van der Waals surface area (Å²) in [6, 6.07) is 9.27. The molecule has 1 saturated heterocycles. The number of aryl methyl sites for hydroxylation is 1. The molecule has 5 heteroatoms. The van der Waals surface area contributed by atoms with E-state index in [1.165, 1.54) is 6.07 Å². The smallest absolute Gasteiger partial charge is 0.132 e. The molecule has 0 spiro atoms. The molecule has 0 atom stereocenters. The Morgan fingerprint density at radius 3 is 2.62 bits per heavy atom. The minimum Gasteiger partial charge on any atom is -0.354 e. The first kappa shape index (κ1) is 15.1. The Kier molecular flexibility index (Phi) is 3.73. The summed E-state index contributed by atoms with van der Waals surface area (Å²) in [5.41, 5.74) is 3.00. The second kappa shape index (κ2) is 5.91. The number of hydrogen-bond acceptors (Lipinski definition) is 3. The third kappa shape index (κ3) is 2.55. The van der Waals surface area contributed by atoms with Crippen LogP contribution in [0, 0.1) is 12.7 Å². The maximum Gasteiger partial charge on any atom is 0.132 e. The third-order valence-electron chi connectivity index (χ3n) is 4.83. The molecule has 4 nitrogen and oxygen atoms in total. The average Bonchev–Trinajstić information content (AvgIpc) is 3.05. The summed E-state index contributed by atoms with van der Waals surface area (Å²) >= 11 is 0. The lowest BCUT2D eigenvalue weighted by Crippen LogP contribution is -2.44. The zero-order valence-electron chi connectivity index (χ0n) is 14.0. The highest BCUT2D eigenvalue weighted by atomic mass is 19.1. The number of aromatic nitrogens is 2. The molecule has 0 aliphatic carbocycles. The van der Waals surface area contributed by atoms with Gasteiger partial charge >= 0.3 is 0 Å². The van der Waals surface area contributed by atoms with Crippen molar-refractivity contribution in [2.45, 2.75) is 6.92 Å². The molecule has 124 valence electrons. The summed E-state index contributed by atoms with van der Waals surface area (Å²) in [5, 5.41) is 0.660. The summed E-state index contributed by atoms with van der Waals surface area (Å²) in [5.74, 6) is 0.805. The van der Waals surface area contributed by atoms with E-state index in [4.69, 9.17) is 0 Å². The van der Waals surface area contributed by atoms with Crippen LogP contribution in [0.4, 0.5) is 10.2 Å². The Balaban J connectivity index is 1.75. The van der Waals surface area contributed by atoms with E-state index in [1.54, 1.807) is 0 Å². The highest BCUT2D eigenvalue weighted by Crippen LogP contribution is 2.27. The summed E-state index contributed by atoms with van der Waals surface area (Å²) in [6.07, 6.45) is 3.77. The second-order valence-corrected chi connectivity index (χ2v) is 6.47. The van der Waals surface area contributed by atoms with E-state index < -0.39 is 0 Å². The van der Waals surface area contributed by atoms with Crippen molar-refractivity contribution in [3.63, 3.8) is 0 Å². The number of pyridine rings is 1. The first-order valence-electron chi connectivity index (χ1n) is 8.29. The highest BCUT2D eigenvalue weighted by molar-refractivity contribution is 5.85. The molecule has 24 heavy (non-hydrogen) atoms. The Hall–Kier alpha value is -2.40. The number of halogens is 1. The lowest BCUT2D eigenvalue weighted by molar-refractivity contribution is 0.312. The van der Waals surface area contributed by atoms with Gasteiger partial charge in [-0.25, -0.2) is 9.37 Å². The number of rotatable bonds is 2. The van der Waals surface area contributed by atoms with Crippen molar-refractivity contribution in [3.8, 4) is 5.69 Å². The van der Waals surface area contributed by atoms with E-state index in [1.807, 2.05) is 37.5 Å².